The highest BCUT2D eigenvalue weighted by molar-refractivity contribution is 5.81. The van der Waals surface area contributed by atoms with Crippen molar-refractivity contribution < 1.29 is 27.8 Å². The third kappa shape index (κ3) is 5.44. The summed E-state index contributed by atoms with van der Waals surface area (Å²) in [6, 6.07) is 0. The minimum atomic E-state index is -4.90. The van der Waals surface area contributed by atoms with Crippen molar-refractivity contribution in [1.82, 2.24) is 19.8 Å². The number of carbonyl (C=O) groups excluding carboxylic acids is 1. The molecule has 2 N–H and O–H groups in total. The van der Waals surface area contributed by atoms with E-state index in [2.05, 4.69) is 15.3 Å². The number of esters is 1. The van der Waals surface area contributed by atoms with Gasteiger partial charge in [0, 0.05) is 52.0 Å². The lowest BCUT2D eigenvalue weighted by atomic mass is 9.97. The van der Waals surface area contributed by atoms with Crippen LogP contribution in [-0.4, -0.2) is 70.4 Å². The number of aryl methyl sites for hydroxylation is 1. The van der Waals surface area contributed by atoms with Crippen LogP contribution in [0.5, 0.6) is 0 Å². The lowest BCUT2D eigenvalue weighted by molar-refractivity contribution is -0.272. The monoisotopic (exact) mass is 433 g/mol. The molecule has 1 aliphatic rings. The van der Waals surface area contributed by atoms with E-state index in [0.717, 1.165) is 11.0 Å². The van der Waals surface area contributed by atoms with E-state index in [-0.39, 0.29) is 18.4 Å². The summed E-state index contributed by atoms with van der Waals surface area (Å²) in [5.41, 5.74) is -3.11. The number of ether oxygens (including phenoxy) is 1. The summed E-state index contributed by atoms with van der Waals surface area (Å²) >= 11 is 0. The molecule has 1 saturated heterocycles. The van der Waals surface area contributed by atoms with Gasteiger partial charge in [-0.3, -0.25) is 9.79 Å². The van der Waals surface area contributed by atoms with Gasteiger partial charge in [-0.15, -0.1) is 0 Å². The summed E-state index contributed by atoms with van der Waals surface area (Å²) in [4.78, 5) is 21.9. The lowest BCUT2D eigenvalue weighted by Crippen LogP contribution is -2.49. The fourth-order valence-electron chi connectivity index (χ4n) is 3.52. The van der Waals surface area contributed by atoms with Crippen molar-refractivity contribution in [3.8, 4) is 0 Å². The van der Waals surface area contributed by atoms with Crippen molar-refractivity contribution in [2.75, 3.05) is 32.8 Å². The zero-order valence-corrected chi connectivity index (χ0v) is 17.6. The van der Waals surface area contributed by atoms with Crippen LogP contribution < -0.4 is 5.32 Å². The highest BCUT2D eigenvalue weighted by Crippen LogP contribution is 2.40. The summed E-state index contributed by atoms with van der Waals surface area (Å²) in [7, 11) is 1.40. The molecule has 0 aromatic carbocycles. The zero-order valence-electron chi connectivity index (χ0n) is 17.6. The van der Waals surface area contributed by atoms with Gasteiger partial charge in [0.25, 0.3) is 0 Å². The second-order valence-electron chi connectivity index (χ2n) is 7.24. The Hall–Kier alpha value is -2.30. The number of likely N-dealkylation sites (tertiary alicyclic amines) is 1. The number of piperidine rings is 1. The Balaban J connectivity index is 2.15. The zero-order chi connectivity index (χ0) is 22.4. The van der Waals surface area contributed by atoms with Gasteiger partial charge >= 0.3 is 12.1 Å². The third-order valence-corrected chi connectivity index (χ3v) is 5.07. The normalized spacial score (nSPS) is 20.0. The second-order valence-corrected chi connectivity index (χ2v) is 7.24. The van der Waals surface area contributed by atoms with Crippen molar-refractivity contribution in [3.05, 3.63) is 18.2 Å². The number of aromatic nitrogens is 2. The van der Waals surface area contributed by atoms with Crippen molar-refractivity contribution in [1.29, 1.82) is 0 Å². The Kier molecular flexibility index (Phi) is 8.10. The van der Waals surface area contributed by atoms with Gasteiger partial charge in [-0.2, -0.15) is 13.2 Å². The number of hydrogen-bond donors (Lipinski definition) is 2. The van der Waals surface area contributed by atoms with Crippen molar-refractivity contribution in [2.24, 2.45) is 18.0 Å². The maximum absolute atomic E-state index is 13.7. The standard InChI is InChI=1S/C19H30F3N5O3/c1-4-23-17(27-11-6-7-14(13-27)15(28)30-5-2)25-9-8-18(29,19(20,21)22)16-24-10-12-26(16)3/h10,12,14,29H,4-9,11,13H2,1-3H3,(H,23,25). The van der Waals surface area contributed by atoms with E-state index >= 15 is 0 Å². The number of aliphatic imine (C=N–C) groups is 1. The minimum Gasteiger partial charge on any atom is -0.466 e. The number of nitrogens with zero attached hydrogens (tertiary/aromatic N) is 4. The maximum Gasteiger partial charge on any atom is 0.424 e. The predicted molar refractivity (Wildman–Crippen MR) is 105 cm³/mol. The van der Waals surface area contributed by atoms with Crippen LogP contribution >= 0.6 is 0 Å². The molecular weight excluding hydrogens is 403 g/mol. The number of guanidine groups is 1. The topological polar surface area (TPSA) is 92.0 Å². The first-order chi connectivity index (χ1) is 14.1. The van der Waals surface area contributed by atoms with Crippen LogP contribution in [0.2, 0.25) is 0 Å². The predicted octanol–water partition coefficient (Wildman–Crippen LogP) is 1.80. The molecule has 2 heterocycles. The maximum atomic E-state index is 13.7. The van der Waals surface area contributed by atoms with Crippen molar-refractivity contribution in [3.63, 3.8) is 0 Å². The van der Waals surface area contributed by atoms with Crippen LogP contribution in [0, 0.1) is 5.92 Å². The van der Waals surface area contributed by atoms with Crippen molar-refractivity contribution >= 4 is 11.9 Å². The average Bonchev–Trinajstić information content (AvgIpc) is 3.13. The SMILES string of the molecule is CCNC(=NCCC(O)(c1nccn1C)C(F)(F)F)N1CCCC(C(=O)OCC)C1. The number of hydrogen-bond acceptors (Lipinski definition) is 5. The fraction of sp³-hybridized carbons (Fsp3) is 0.737. The van der Waals surface area contributed by atoms with E-state index in [0.29, 0.717) is 38.6 Å². The van der Waals surface area contributed by atoms with Gasteiger partial charge in [-0.1, -0.05) is 0 Å². The molecule has 1 aromatic heterocycles. The van der Waals surface area contributed by atoms with E-state index < -0.39 is 24.0 Å². The van der Waals surface area contributed by atoms with Crippen LogP contribution in [0.25, 0.3) is 0 Å². The third-order valence-electron chi connectivity index (χ3n) is 5.07. The Morgan fingerprint density at radius 2 is 2.17 bits per heavy atom. The molecule has 170 valence electrons. The van der Waals surface area contributed by atoms with Crippen LogP contribution in [0.15, 0.2) is 17.4 Å². The molecule has 0 radical (unpaired) electrons. The van der Waals surface area contributed by atoms with Gasteiger partial charge < -0.3 is 24.6 Å². The fourth-order valence-corrected chi connectivity index (χ4v) is 3.52. The van der Waals surface area contributed by atoms with Crippen LogP contribution in [0.4, 0.5) is 13.2 Å². The summed E-state index contributed by atoms with van der Waals surface area (Å²) in [5, 5.41) is 13.5. The molecule has 0 spiro atoms. The number of imidazole rings is 1. The largest absolute Gasteiger partial charge is 0.466 e. The minimum absolute atomic E-state index is 0.272. The van der Waals surface area contributed by atoms with Gasteiger partial charge in [0.1, 0.15) is 5.82 Å². The molecule has 2 rings (SSSR count). The molecule has 0 aliphatic carbocycles. The molecule has 1 aliphatic heterocycles. The Morgan fingerprint density at radius 1 is 1.43 bits per heavy atom. The average molecular weight is 433 g/mol. The smallest absolute Gasteiger partial charge is 0.424 e. The summed E-state index contributed by atoms with van der Waals surface area (Å²) in [6.45, 7) is 5.15. The number of rotatable bonds is 7. The van der Waals surface area contributed by atoms with Crippen LogP contribution in [-0.2, 0) is 22.2 Å². The van der Waals surface area contributed by atoms with Crippen LogP contribution in [0.1, 0.15) is 38.9 Å². The highest BCUT2D eigenvalue weighted by Gasteiger charge is 2.57. The number of nitrogens with one attached hydrogen (secondary N) is 1. The van der Waals surface area contributed by atoms with Crippen molar-refractivity contribution in [2.45, 2.75) is 44.9 Å². The van der Waals surface area contributed by atoms with E-state index in [1.165, 1.54) is 19.4 Å². The second kappa shape index (κ2) is 10.1. The first-order valence-corrected chi connectivity index (χ1v) is 10.1. The van der Waals surface area contributed by atoms with Gasteiger partial charge in [0.15, 0.2) is 5.96 Å². The summed E-state index contributed by atoms with van der Waals surface area (Å²) < 4.78 is 47.2. The van der Waals surface area contributed by atoms with Gasteiger partial charge in [0.2, 0.25) is 5.60 Å². The summed E-state index contributed by atoms with van der Waals surface area (Å²) in [5.74, 6) is -0.645. The molecule has 1 aromatic rings. The quantitative estimate of drug-likeness (QED) is 0.387. The molecule has 30 heavy (non-hydrogen) atoms. The number of halogens is 3. The van der Waals surface area contributed by atoms with E-state index in [1.54, 1.807) is 6.92 Å². The van der Waals surface area contributed by atoms with E-state index in [1.807, 2.05) is 11.8 Å². The first kappa shape index (κ1) is 24.0. The molecule has 11 heteroatoms. The summed E-state index contributed by atoms with van der Waals surface area (Å²) in [6.07, 6.45) is -1.58. The Bertz CT molecular complexity index is 737. The number of carbonyl (C=O) groups is 1. The molecule has 1 fully saturated rings. The van der Waals surface area contributed by atoms with Crippen LogP contribution in [0.3, 0.4) is 0 Å². The highest BCUT2D eigenvalue weighted by atomic mass is 19.4. The lowest BCUT2D eigenvalue weighted by Gasteiger charge is -2.34. The van der Waals surface area contributed by atoms with E-state index in [4.69, 9.17) is 4.74 Å². The Labute approximate surface area is 174 Å². The molecule has 2 unspecified atom stereocenters. The molecule has 8 nitrogen and oxygen atoms in total. The van der Waals surface area contributed by atoms with E-state index in [9.17, 15) is 23.1 Å². The van der Waals surface area contributed by atoms with Gasteiger partial charge in [-0.25, -0.2) is 4.98 Å². The van der Waals surface area contributed by atoms with Gasteiger partial charge in [0.05, 0.1) is 12.5 Å². The molecule has 0 amide bonds. The number of alkyl halides is 3. The molecular formula is C19H30F3N5O3. The molecule has 0 bridgehead atoms. The molecule has 0 saturated carbocycles. The first-order valence-electron chi connectivity index (χ1n) is 10.1. The van der Waals surface area contributed by atoms with Gasteiger partial charge in [-0.05, 0) is 26.7 Å². The number of aliphatic hydroxyl groups is 1. The Morgan fingerprint density at radius 3 is 2.73 bits per heavy atom. The molecule has 2 atom stereocenters.